The first-order chi connectivity index (χ1) is 9.94. The fourth-order valence-electron chi connectivity index (χ4n) is 2.84. The summed E-state index contributed by atoms with van der Waals surface area (Å²) in [6.07, 6.45) is 4.17. The molecule has 0 aromatic heterocycles. The van der Waals surface area contributed by atoms with E-state index in [-0.39, 0.29) is 6.54 Å². The number of anilines is 1. The van der Waals surface area contributed by atoms with Crippen LogP contribution < -0.4 is 11.1 Å². The first kappa shape index (κ1) is 15.6. The first-order valence-corrected chi connectivity index (χ1v) is 7.39. The molecule has 0 bridgehead atoms. The maximum Gasteiger partial charge on any atom is 0.311 e. The molecule has 114 valence electrons. The van der Waals surface area contributed by atoms with Crippen LogP contribution in [0.15, 0.2) is 18.2 Å². The zero-order chi connectivity index (χ0) is 15.5. The van der Waals surface area contributed by atoms with Gasteiger partial charge in [-0.2, -0.15) is 0 Å². The number of nitrogens with one attached hydrogen (secondary N) is 1. The van der Waals surface area contributed by atoms with E-state index in [0.717, 1.165) is 19.3 Å². The van der Waals surface area contributed by atoms with Crippen LogP contribution in [0.1, 0.15) is 42.5 Å². The average Bonchev–Trinajstić information content (AvgIpc) is 2.45. The molecule has 0 saturated heterocycles. The molecule has 2 rings (SSSR count). The second-order valence-electron chi connectivity index (χ2n) is 5.55. The van der Waals surface area contributed by atoms with E-state index in [4.69, 9.17) is 17.3 Å². The molecule has 1 aliphatic rings. The summed E-state index contributed by atoms with van der Waals surface area (Å²) in [5.74, 6) is -1.36. The Kier molecular flexibility index (Phi) is 4.73. The van der Waals surface area contributed by atoms with Crippen molar-refractivity contribution in [3.63, 3.8) is 0 Å². The Morgan fingerprint density at radius 2 is 1.95 bits per heavy atom. The van der Waals surface area contributed by atoms with E-state index in [1.54, 1.807) is 18.2 Å². The molecule has 1 amide bonds. The minimum absolute atomic E-state index is 0.267. The van der Waals surface area contributed by atoms with Gasteiger partial charge in [-0.3, -0.25) is 9.59 Å². The van der Waals surface area contributed by atoms with Gasteiger partial charge < -0.3 is 16.2 Å². The van der Waals surface area contributed by atoms with Gasteiger partial charge in [0.25, 0.3) is 5.91 Å². The molecular weight excluding hydrogens is 292 g/mol. The Morgan fingerprint density at radius 3 is 2.52 bits per heavy atom. The number of benzene rings is 1. The Bertz CT molecular complexity index is 554. The van der Waals surface area contributed by atoms with Crippen LogP contribution in [0.25, 0.3) is 0 Å². The number of hydrogen-bond acceptors (Lipinski definition) is 3. The number of aliphatic carboxylic acids is 1. The van der Waals surface area contributed by atoms with Crippen LogP contribution in [0.2, 0.25) is 5.02 Å². The number of nitrogens with two attached hydrogens (primary N) is 1. The molecule has 0 unspecified atom stereocenters. The Labute approximate surface area is 128 Å². The summed E-state index contributed by atoms with van der Waals surface area (Å²) in [7, 11) is 0. The number of carbonyl (C=O) groups is 2. The molecule has 0 atom stereocenters. The number of primary amides is 1. The predicted molar refractivity (Wildman–Crippen MR) is 81.6 cm³/mol. The van der Waals surface area contributed by atoms with Crippen molar-refractivity contribution in [2.24, 2.45) is 11.1 Å². The smallest absolute Gasteiger partial charge is 0.311 e. The van der Waals surface area contributed by atoms with Crippen LogP contribution in [0, 0.1) is 5.41 Å². The quantitative estimate of drug-likeness (QED) is 0.779. The number of carboxylic acids is 1. The lowest BCUT2D eigenvalue weighted by molar-refractivity contribution is -0.150. The lowest BCUT2D eigenvalue weighted by atomic mass is 9.74. The third-order valence-corrected chi connectivity index (χ3v) is 4.36. The number of carbonyl (C=O) groups excluding carboxylic acids is 1. The maximum absolute atomic E-state index is 11.6. The minimum Gasteiger partial charge on any atom is -0.481 e. The summed E-state index contributed by atoms with van der Waals surface area (Å²) in [5.41, 5.74) is 5.35. The van der Waals surface area contributed by atoms with Crippen LogP contribution >= 0.6 is 11.6 Å². The molecule has 4 N–H and O–H groups in total. The Morgan fingerprint density at radius 1 is 1.29 bits per heavy atom. The van der Waals surface area contributed by atoms with E-state index in [9.17, 15) is 14.7 Å². The molecule has 1 saturated carbocycles. The van der Waals surface area contributed by atoms with Crippen molar-refractivity contribution in [2.45, 2.75) is 32.1 Å². The maximum atomic E-state index is 11.6. The normalized spacial score (nSPS) is 17.2. The molecule has 0 radical (unpaired) electrons. The molecule has 1 aromatic rings. The molecule has 21 heavy (non-hydrogen) atoms. The summed E-state index contributed by atoms with van der Waals surface area (Å²) in [4.78, 5) is 23.0. The topological polar surface area (TPSA) is 92.4 Å². The van der Waals surface area contributed by atoms with Crippen molar-refractivity contribution in [2.75, 3.05) is 11.9 Å². The highest BCUT2D eigenvalue weighted by Crippen LogP contribution is 2.37. The van der Waals surface area contributed by atoms with E-state index in [1.165, 1.54) is 0 Å². The van der Waals surface area contributed by atoms with Gasteiger partial charge in [0, 0.05) is 17.3 Å². The fourth-order valence-corrected chi connectivity index (χ4v) is 3.01. The second kappa shape index (κ2) is 6.35. The number of rotatable bonds is 5. The van der Waals surface area contributed by atoms with E-state index in [2.05, 4.69) is 5.32 Å². The van der Waals surface area contributed by atoms with Gasteiger partial charge in [0.1, 0.15) is 0 Å². The van der Waals surface area contributed by atoms with Crippen molar-refractivity contribution < 1.29 is 14.7 Å². The Hall–Kier alpha value is -1.75. The summed E-state index contributed by atoms with van der Waals surface area (Å²) in [6.45, 7) is 0.267. The fraction of sp³-hybridized carbons (Fsp3) is 0.467. The van der Waals surface area contributed by atoms with Gasteiger partial charge in [-0.1, -0.05) is 30.9 Å². The van der Waals surface area contributed by atoms with Crippen molar-refractivity contribution in [1.29, 1.82) is 0 Å². The van der Waals surface area contributed by atoms with Gasteiger partial charge in [0.2, 0.25) is 0 Å². The van der Waals surface area contributed by atoms with Crippen LogP contribution in [-0.2, 0) is 4.79 Å². The SMILES string of the molecule is NC(=O)c1ccc(Cl)cc1NCC1(C(=O)O)CCCCC1. The highest BCUT2D eigenvalue weighted by Gasteiger charge is 2.39. The molecule has 5 nitrogen and oxygen atoms in total. The van der Waals surface area contributed by atoms with Gasteiger partial charge in [0.15, 0.2) is 0 Å². The van der Waals surface area contributed by atoms with E-state index >= 15 is 0 Å². The second-order valence-corrected chi connectivity index (χ2v) is 5.99. The van der Waals surface area contributed by atoms with Gasteiger partial charge in [0.05, 0.1) is 11.0 Å². The van der Waals surface area contributed by atoms with Crippen molar-refractivity contribution in [1.82, 2.24) is 0 Å². The number of amides is 1. The van der Waals surface area contributed by atoms with Crippen LogP contribution in [-0.4, -0.2) is 23.5 Å². The van der Waals surface area contributed by atoms with Crippen molar-refractivity contribution in [3.05, 3.63) is 28.8 Å². The van der Waals surface area contributed by atoms with Crippen molar-refractivity contribution in [3.8, 4) is 0 Å². The largest absolute Gasteiger partial charge is 0.481 e. The monoisotopic (exact) mass is 310 g/mol. The molecule has 0 aliphatic heterocycles. The third kappa shape index (κ3) is 3.47. The van der Waals surface area contributed by atoms with Crippen LogP contribution in [0.3, 0.4) is 0 Å². The summed E-state index contributed by atoms with van der Waals surface area (Å²) >= 11 is 5.93. The molecule has 1 fully saturated rings. The first-order valence-electron chi connectivity index (χ1n) is 7.01. The van der Waals surface area contributed by atoms with Crippen molar-refractivity contribution >= 4 is 29.2 Å². The molecule has 0 heterocycles. The summed E-state index contributed by atoms with van der Waals surface area (Å²) < 4.78 is 0. The van der Waals surface area contributed by atoms with Gasteiger partial charge in [-0.05, 0) is 31.0 Å². The number of carboxylic acid groups (broad SMARTS) is 1. The summed E-state index contributed by atoms with van der Waals surface area (Å²) in [6, 6.07) is 4.72. The van der Waals surface area contributed by atoms with Gasteiger partial charge in [-0.25, -0.2) is 0 Å². The zero-order valence-corrected chi connectivity index (χ0v) is 12.4. The zero-order valence-electron chi connectivity index (χ0n) is 11.7. The van der Waals surface area contributed by atoms with Gasteiger partial charge in [-0.15, -0.1) is 0 Å². The molecule has 0 spiro atoms. The molecule has 6 heteroatoms. The lowest BCUT2D eigenvalue weighted by Crippen LogP contribution is -2.40. The highest BCUT2D eigenvalue weighted by molar-refractivity contribution is 6.31. The van der Waals surface area contributed by atoms with E-state index in [0.29, 0.717) is 29.1 Å². The lowest BCUT2D eigenvalue weighted by Gasteiger charge is -2.33. The minimum atomic E-state index is -0.794. The van der Waals surface area contributed by atoms with Crippen LogP contribution in [0.4, 0.5) is 5.69 Å². The van der Waals surface area contributed by atoms with E-state index in [1.807, 2.05) is 0 Å². The predicted octanol–water partition coefficient (Wildman–Crippen LogP) is 2.89. The highest BCUT2D eigenvalue weighted by atomic mass is 35.5. The third-order valence-electron chi connectivity index (χ3n) is 4.13. The molecule has 1 aromatic carbocycles. The standard InChI is InChI=1S/C15H19ClN2O3/c16-10-4-5-11(13(17)19)12(8-10)18-9-15(14(20)21)6-2-1-3-7-15/h4-5,8,18H,1-3,6-7,9H2,(H2,17,19)(H,20,21). The van der Waals surface area contributed by atoms with Crippen LogP contribution in [0.5, 0.6) is 0 Å². The van der Waals surface area contributed by atoms with Gasteiger partial charge >= 0.3 is 5.97 Å². The summed E-state index contributed by atoms with van der Waals surface area (Å²) in [5, 5.41) is 13.1. The van der Waals surface area contributed by atoms with E-state index < -0.39 is 17.3 Å². The molecular formula is C15H19ClN2O3. The average molecular weight is 311 g/mol. The number of halogens is 1. The number of hydrogen-bond donors (Lipinski definition) is 3. The Balaban J connectivity index is 2.19. The molecule has 1 aliphatic carbocycles.